The zero-order valence-corrected chi connectivity index (χ0v) is 14.7. The third kappa shape index (κ3) is 3.47. The van der Waals surface area contributed by atoms with Gasteiger partial charge < -0.3 is 10.3 Å². The maximum atomic E-state index is 12.3. The molecule has 3 aromatic rings. The molecule has 0 aliphatic heterocycles. The van der Waals surface area contributed by atoms with Crippen LogP contribution in [-0.4, -0.2) is 30.8 Å². The molecule has 0 spiro atoms. The van der Waals surface area contributed by atoms with Crippen molar-refractivity contribution in [1.29, 1.82) is 0 Å². The number of rotatable bonds is 5. The lowest BCUT2D eigenvalue weighted by Gasteiger charge is -2.08. The van der Waals surface area contributed by atoms with E-state index in [0.717, 1.165) is 17.3 Å². The van der Waals surface area contributed by atoms with E-state index in [2.05, 4.69) is 9.97 Å². The van der Waals surface area contributed by atoms with Crippen LogP contribution in [-0.2, 0) is 18.4 Å². The number of primary amides is 1. The van der Waals surface area contributed by atoms with Gasteiger partial charge in [0.15, 0.2) is 16.3 Å². The number of aromatic nitrogens is 4. The quantitative estimate of drug-likeness (QED) is 0.633. The molecule has 0 fully saturated rings. The van der Waals surface area contributed by atoms with Crippen LogP contribution in [0.25, 0.3) is 11.2 Å². The van der Waals surface area contributed by atoms with Crippen LogP contribution in [0.15, 0.2) is 39.0 Å². The van der Waals surface area contributed by atoms with Crippen molar-refractivity contribution in [3.05, 3.63) is 55.7 Å². The molecule has 25 heavy (non-hydrogen) atoms. The molecule has 1 amide bonds. The van der Waals surface area contributed by atoms with Crippen molar-refractivity contribution >= 4 is 40.4 Å². The van der Waals surface area contributed by atoms with Gasteiger partial charge in [0.05, 0.1) is 12.3 Å². The largest absolute Gasteiger partial charge is 0.369 e. The number of carbonyl (C=O) groups is 1. The number of amides is 1. The Labute approximate surface area is 150 Å². The van der Waals surface area contributed by atoms with Crippen molar-refractivity contribution in [2.45, 2.75) is 11.7 Å². The van der Waals surface area contributed by atoms with Crippen molar-refractivity contribution in [1.82, 2.24) is 19.1 Å². The second-order valence-corrected chi connectivity index (χ2v) is 6.73. The molecule has 0 saturated heterocycles. The molecule has 2 aromatic heterocycles. The molecule has 0 unspecified atom stereocenters. The molecule has 0 aliphatic rings. The molecule has 1 aromatic carbocycles. The number of nitrogens with one attached hydrogen (secondary N) is 1. The van der Waals surface area contributed by atoms with E-state index >= 15 is 0 Å². The standard InChI is InChI=1S/C15H14ClN5O3S/c1-20-12-11(13(23)19-14(20)24)21(15(18-12)25-7-10(17)22)6-8-2-4-9(16)5-3-8/h2-5H,6-7H2,1H3,(H2,17,22)(H,19,23,24). The van der Waals surface area contributed by atoms with Crippen molar-refractivity contribution in [3.63, 3.8) is 0 Å². The Morgan fingerprint density at radius 2 is 2.00 bits per heavy atom. The van der Waals surface area contributed by atoms with E-state index in [4.69, 9.17) is 17.3 Å². The minimum Gasteiger partial charge on any atom is -0.369 e. The topological polar surface area (TPSA) is 116 Å². The van der Waals surface area contributed by atoms with Gasteiger partial charge in [0.1, 0.15) is 0 Å². The van der Waals surface area contributed by atoms with Gasteiger partial charge in [-0.05, 0) is 17.7 Å². The summed E-state index contributed by atoms with van der Waals surface area (Å²) >= 11 is 7.01. The molecular formula is C15H14ClN5O3S. The zero-order chi connectivity index (χ0) is 18.1. The van der Waals surface area contributed by atoms with Crippen molar-refractivity contribution < 1.29 is 4.79 Å². The Kier molecular flexibility index (Phi) is 4.69. The van der Waals surface area contributed by atoms with Crippen LogP contribution in [0.3, 0.4) is 0 Å². The van der Waals surface area contributed by atoms with Gasteiger partial charge in [0.25, 0.3) is 5.56 Å². The van der Waals surface area contributed by atoms with Gasteiger partial charge >= 0.3 is 5.69 Å². The van der Waals surface area contributed by atoms with Crippen LogP contribution in [0.1, 0.15) is 5.56 Å². The number of aryl methyl sites for hydroxylation is 1. The van der Waals surface area contributed by atoms with E-state index in [-0.39, 0.29) is 16.9 Å². The maximum Gasteiger partial charge on any atom is 0.329 e. The Morgan fingerprint density at radius 1 is 1.32 bits per heavy atom. The number of nitrogens with two attached hydrogens (primary N) is 1. The summed E-state index contributed by atoms with van der Waals surface area (Å²) < 4.78 is 2.91. The van der Waals surface area contributed by atoms with Gasteiger partial charge in [-0.1, -0.05) is 35.5 Å². The first kappa shape index (κ1) is 17.3. The predicted octanol–water partition coefficient (Wildman–Crippen LogP) is 0.702. The number of carbonyl (C=O) groups excluding carboxylic acids is 1. The fourth-order valence-corrected chi connectivity index (χ4v) is 3.24. The summed E-state index contributed by atoms with van der Waals surface area (Å²) in [5, 5.41) is 1.03. The monoisotopic (exact) mass is 379 g/mol. The van der Waals surface area contributed by atoms with Gasteiger partial charge in [-0.25, -0.2) is 9.78 Å². The number of H-pyrrole nitrogens is 1. The average molecular weight is 380 g/mol. The number of benzene rings is 1. The van der Waals surface area contributed by atoms with E-state index in [1.807, 2.05) is 12.1 Å². The molecule has 0 aliphatic carbocycles. The normalized spacial score (nSPS) is 11.1. The smallest absolute Gasteiger partial charge is 0.329 e. The maximum absolute atomic E-state index is 12.3. The van der Waals surface area contributed by atoms with E-state index in [1.165, 1.54) is 11.6 Å². The van der Waals surface area contributed by atoms with Crippen LogP contribution in [0.4, 0.5) is 0 Å². The first-order valence-electron chi connectivity index (χ1n) is 7.22. The predicted molar refractivity (Wildman–Crippen MR) is 96.1 cm³/mol. The highest BCUT2D eigenvalue weighted by molar-refractivity contribution is 7.99. The summed E-state index contributed by atoms with van der Waals surface area (Å²) in [5.41, 5.74) is 5.50. The van der Waals surface area contributed by atoms with Gasteiger partial charge in [0, 0.05) is 12.1 Å². The minimum absolute atomic E-state index is 0.00971. The molecule has 0 bridgehead atoms. The Balaban J connectivity index is 2.18. The fourth-order valence-electron chi connectivity index (χ4n) is 2.38. The molecule has 0 radical (unpaired) electrons. The highest BCUT2D eigenvalue weighted by atomic mass is 35.5. The SMILES string of the molecule is Cn1c(=O)[nH]c(=O)c2c1nc(SCC(N)=O)n2Cc1ccc(Cl)cc1. The highest BCUT2D eigenvalue weighted by Gasteiger charge is 2.18. The summed E-state index contributed by atoms with van der Waals surface area (Å²) in [6.07, 6.45) is 0. The molecule has 0 atom stereocenters. The minimum atomic E-state index is -0.555. The van der Waals surface area contributed by atoms with Crippen LogP contribution in [0, 0.1) is 0 Å². The number of imidazole rings is 1. The van der Waals surface area contributed by atoms with Crippen LogP contribution < -0.4 is 17.0 Å². The lowest BCUT2D eigenvalue weighted by Crippen LogP contribution is -2.29. The number of hydrogen-bond donors (Lipinski definition) is 2. The van der Waals surface area contributed by atoms with Crippen molar-refractivity contribution in [3.8, 4) is 0 Å². The average Bonchev–Trinajstić information content (AvgIpc) is 2.92. The molecule has 3 N–H and O–H groups in total. The van der Waals surface area contributed by atoms with Gasteiger partial charge in [0.2, 0.25) is 5.91 Å². The van der Waals surface area contributed by atoms with Crippen LogP contribution in [0.2, 0.25) is 5.02 Å². The van der Waals surface area contributed by atoms with Crippen molar-refractivity contribution in [2.75, 3.05) is 5.75 Å². The van der Waals surface area contributed by atoms with Crippen LogP contribution >= 0.6 is 23.4 Å². The van der Waals surface area contributed by atoms with Crippen molar-refractivity contribution in [2.24, 2.45) is 12.8 Å². The molecule has 130 valence electrons. The Bertz CT molecular complexity index is 1070. The number of aromatic amines is 1. The van der Waals surface area contributed by atoms with E-state index in [0.29, 0.717) is 16.7 Å². The lowest BCUT2D eigenvalue weighted by molar-refractivity contribution is -0.115. The summed E-state index contributed by atoms with van der Waals surface area (Å²) in [4.78, 5) is 41.8. The van der Waals surface area contributed by atoms with E-state index < -0.39 is 17.2 Å². The Morgan fingerprint density at radius 3 is 2.64 bits per heavy atom. The first-order valence-corrected chi connectivity index (χ1v) is 8.58. The van der Waals surface area contributed by atoms with Crippen LogP contribution in [0.5, 0.6) is 0 Å². The Hall–Kier alpha value is -2.52. The van der Waals surface area contributed by atoms with Gasteiger partial charge in [-0.15, -0.1) is 0 Å². The molecule has 10 heteroatoms. The van der Waals surface area contributed by atoms with Gasteiger partial charge in [-0.3, -0.25) is 19.1 Å². The lowest BCUT2D eigenvalue weighted by atomic mass is 10.2. The van der Waals surface area contributed by atoms with E-state index in [9.17, 15) is 14.4 Å². The summed E-state index contributed by atoms with van der Waals surface area (Å²) in [7, 11) is 1.52. The summed E-state index contributed by atoms with van der Waals surface area (Å²) in [5.74, 6) is -0.492. The van der Waals surface area contributed by atoms with Gasteiger partial charge in [-0.2, -0.15) is 0 Å². The number of nitrogens with zero attached hydrogens (tertiary/aromatic N) is 3. The number of halogens is 1. The number of fused-ring (bicyclic) bond motifs is 1. The number of hydrogen-bond acceptors (Lipinski definition) is 5. The molecule has 2 heterocycles. The zero-order valence-electron chi connectivity index (χ0n) is 13.2. The first-order chi connectivity index (χ1) is 11.9. The fraction of sp³-hybridized carbons (Fsp3) is 0.200. The summed E-state index contributed by atoms with van der Waals surface area (Å²) in [6.45, 7) is 0.329. The third-order valence-electron chi connectivity index (χ3n) is 3.57. The second kappa shape index (κ2) is 6.77. The highest BCUT2D eigenvalue weighted by Crippen LogP contribution is 2.23. The van der Waals surface area contributed by atoms with E-state index in [1.54, 1.807) is 16.7 Å². The molecule has 3 rings (SSSR count). The second-order valence-electron chi connectivity index (χ2n) is 5.35. The third-order valence-corrected chi connectivity index (χ3v) is 4.82. The summed E-state index contributed by atoms with van der Waals surface area (Å²) in [6, 6.07) is 7.14. The number of thioether (sulfide) groups is 1. The molecular weight excluding hydrogens is 366 g/mol. The molecule has 0 saturated carbocycles. The molecule has 8 nitrogen and oxygen atoms in total.